The highest BCUT2D eigenvalue weighted by molar-refractivity contribution is 5.80. The normalized spacial score (nSPS) is 16.4. The fourth-order valence-electron chi connectivity index (χ4n) is 3.57. The van der Waals surface area contributed by atoms with Gasteiger partial charge in [-0.3, -0.25) is 14.2 Å². The summed E-state index contributed by atoms with van der Waals surface area (Å²) < 4.78 is 1.48. The number of aromatic nitrogens is 2. The minimum Gasteiger partial charge on any atom is -0.348 e. The highest BCUT2D eigenvalue weighted by atomic mass is 16.2. The van der Waals surface area contributed by atoms with Crippen LogP contribution in [-0.4, -0.2) is 15.5 Å². The molecule has 5 nitrogen and oxygen atoms in total. The molecule has 1 heterocycles. The zero-order valence-corrected chi connectivity index (χ0v) is 13.8. The van der Waals surface area contributed by atoms with Gasteiger partial charge in [0.25, 0.3) is 5.56 Å². The molecule has 0 saturated heterocycles. The topological polar surface area (TPSA) is 64.0 Å². The predicted molar refractivity (Wildman–Crippen MR) is 96.3 cm³/mol. The molecule has 2 aromatic carbocycles. The molecular formula is C20H19N3O2. The van der Waals surface area contributed by atoms with E-state index in [0.29, 0.717) is 11.0 Å². The van der Waals surface area contributed by atoms with Crippen LogP contribution in [-0.2, 0) is 17.8 Å². The molecule has 1 aromatic heterocycles. The minimum absolute atomic E-state index is 0.000529. The number of aryl methyl sites for hydroxylation is 1. The zero-order valence-electron chi connectivity index (χ0n) is 13.8. The Balaban J connectivity index is 1.58. The van der Waals surface area contributed by atoms with E-state index in [1.54, 1.807) is 0 Å². The maximum atomic E-state index is 12.6. The van der Waals surface area contributed by atoms with Crippen LogP contribution in [0.25, 0.3) is 11.0 Å². The first-order valence-corrected chi connectivity index (χ1v) is 8.54. The van der Waals surface area contributed by atoms with Gasteiger partial charge in [-0.05, 0) is 42.5 Å². The minimum atomic E-state index is -0.266. The number of nitrogens with zero attached hydrogens (tertiary/aromatic N) is 2. The fourth-order valence-corrected chi connectivity index (χ4v) is 3.57. The van der Waals surface area contributed by atoms with Crippen molar-refractivity contribution in [3.05, 3.63) is 76.2 Å². The quantitative estimate of drug-likeness (QED) is 0.801. The maximum absolute atomic E-state index is 12.6. The summed E-state index contributed by atoms with van der Waals surface area (Å²) in [6.07, 6.45) is 4.30. The molecule has 0 saturated carbocycles. The van der Waals surface area contributed by atoms with Gasteiger partial charge in [0.05, 0.1) is 23.3 Å². The van der Waals surface area contributed by atoms with Crippen molar-refractivity contribution in [3.63, 3.8) is 0 Å². The van der Waals surface area contributed by atoms with E-state index in [4.69, 9.17) is 0 Å². The molecule has 1 amide bonds. The molecule has 1 aliphatic rings. The van der Waals surface area contributed by atoms with Crippen LogP contribution in [0, 0.1) is 0 Å². The highest BCUT2D eigenvalue weighted by Crippen LogP contribution is 2.29. The lowest BCUT2D eigenvalue weighted by Gasteiger charge is -2.26. The molecular weight excluding hydrogens is 314 g/mol. The van der Waals surface area contributed by atoms with Crippen LogP contribution < -0.4 is 10.9 Å². The first kappa shape index (κ1) is 15.6. The fraction of sp³-hybridized carbons (Fsp3) is 0.250. The van der Waals surface area contributed by atoms with Crippen molar-refractivity contribution >= 4 is 16.9 Å². The lowest BCUT2D eigenvalue weighted by Crippen LogP contribution is -2.36. The molecule has 0 fully saturated rings. The van der Waals surface area contributed by atoms with Crippen LogP contribution in [0.1, 0.15) is 30.0 Å². The Labute approximate surface area is 145 Å². The molecule has 5 heteroatoms. The summed E-state index contributed by atoms with van der Waals surface area (Å²) in [6.45, 7) is 0.000529. The Morgan fingerprint density at radius 3 is 2.88 bits per heavy atom. The van der Waals surface area contributed by atoms with Gasteiger partial charge in [0.2, 0.25) is 5.91 Å². The van der Waals surface area contributed by atoms with Crippen molar-refractivity contribution in [1.29, 1.82) is 0 Å². The summed E-state index contributed by atoms with van der Waals surface area (Å²) in [5.74, 6) is -0.153. The molecule has 25 heavy (non-hydrogen) atoms. The van der Waals surface area contributed by atoms with E-state index in [1.807, 2.05) is 36.4 Å². The molecule has 1 N–H and O–H groups in total. The van der Waals surface area contributed by atoms with Gasteiger partial charge >= 0.3 is 0 Å². The standard InChI is InChI=1S/C20H19N3O2/c24-19(22-16-10-5-7-14-6-1-2-8-15(14)16)13-23-18-11-4-3-9-17(18)21-12-20(23)25/h1-4,6,8-9,11-12,16H,5,7,10,13H2,(H,22,24). The van der Waals surface area contributed by atoms with E-state index in [9.17, 15) is 9.59 Å². The molecule has 0 radical (unpaired) electrons. The van der Waals surface area contributed by atoms with Crippen molar-refractivity contribution in [1.82, 2.24) is 14.9 Å². The van der Waals surface area contributed by atoms with Crippen LogP contribution in [0.2, 0.25) is 0 Å². The average molecular weight is 333 g/mol. The van der Waals surface area contributed by atoms with Gasteiger partial charge in [-0.15, -0.1) is 0 Å². The molecule has 4 rings (SSSR count). The molecule has 0 spiro atoms. The van der Waals surface area contributed by atoms with Crippen molar-refractivity contribution in [3.8, 4) is 0 Å². The summed E-state index contributed by atoms with van der Waals surface area (Å²) >= 11 is 0. The Morgan fingerprint density at radius 1 is 1.16 bits per heavy atom. The molecule has 126 valence electrons. The Bertz CT molecular complexity index is 993. The number of para-hydroxylation sites is 2. The van der Waals surface area contributed by atoms with Crippen molar-refractivity contribution < 1.29 is 4.79 Å². The van der Waals surface area contributed by atoms with E-state index in [2.05, 4.69) is 22.4 Å². The lowest BCUT2D eigenvalue weighted by atomic mass is 9.88. The number of hydrogen-bond donors (Lipinski definition) is 1. The van der Waals surface area contributed by atoms with E-state index in [-0.39, 0.29) is 24.1 Å². The number of fused-ring (bicyclic) bond motifs is 2. The average Bonchev–Trinajstić information content (AvgIpc) is 2.64. The second kappa shape index (κ2) is 6.51. The Morgan fingerprint density at radius 2 is 1.96 bits per heavy atom. The lowest BCUT2D eigenvalue weighted by molar-refractivity contribution is -0.122. The van der Waals surface area contributed by atoms with E-state index < -0.39 is 0 Å². The van der Waals surface area contributed by atoms with Crippen molar-refractivity contribution in [2.45, 2.75) is 31.8 Å². The largest absolute Gasteiger partial charge is 0.348 e. The van der Waals surface area contributed by atoms with Gasteiger partial charge in [-0.2, -0.15) is 0 Å². The number of benzene rings is 2. The molecule has 3 aromatic rings. The number of rotatable bonds is 3. The summed E-state index contributed by atoms with van der Waals surface area (Å²) in [7, 11) is 0. The van der Waals surface area contributed by atoms with Crippen molar-refractivity contribution in [2.75, 3.05) is 0 Å². The SMILES string of the molecule is O=C(Cn1c(=O)cnc2ccccc21)NC1CCCc2ccccc21. The summed E-state index contributed by atoms with van der Waals surface area (Å²) in [6, 6.07) is 15.6. The second-order valence-corrected chi connectivity index (χ2v) is 6.38. The first-order chi connectivity index (χ1) is 12.2. The van der Waals surface area contributed by atoms with Crippen LogP contribution in [0.15, 0.2) is 59.5 Å². The summed E-state index contributed by atoms with van der Waals surface area (Å²) in [5, 5.41) is 3.10. The molecule has 0 aliphatic heterocycles. The third-order valence-corrected chi connectivity index (χ3v) is 4.76. The van der Waals surface area contributed by atoms with Gasteiger partial charge in [-0.1, -0.05) is 36.4 Å². The van der Waals surface area contributed by atoms with Gasteiger partial charge in [0.1, 0.15) is 6.54 Å². The Kier molecular flexibility index (Phi) is 4.06. The number of carbonyl (C=O) groups excluding carboxylic acids is 1. The van der Waals surface area contributed by atoms with Gasteiger partial charge < -0.3 is 5.32 Å². The van der Waals surface area contributed by atoms with E-state index >= 15 is 0 Å². The monoisotopic (exact) mass is 333 g/mol. The van der Waals surface area contributed by atoms with Crippen molar-refractivity contribution in [2.24, 2.45) is 0 Å². The van der Waals surface area contributed by atoms with Crippen LogP contribution in [0.4, 0.5) is 0 Å². The Hall–Kier alpha value is -2.95. The third-order valence-electron chi connectivity index (χ3n) is 4.76. The molecule has 1 aliphatic carbocycles. The summed E-state index contributed by atoms with van der Waals surface area (Å²) in [5.41, 5.74) is 3.60. The molecule has 1 unspecified atom stereocenters. The van der Waals surface area contributed by atoms with E-state index in [0.717, 1.165) is 19.3 Å². The number of amides is 1. The predicted octanol–water partition coefficient (Wildman–Crippen LogP) is 2.59. The number of carbonyl (C=O) groups is 1. The highest BCUT2D eigenvalue weighted by Gasteiger charge is 2.21. The van der Waals surface area contributed by atoms with Crippen LogP contribution in [0.3, 0.4) is 0 Å². The van der Waals surface area contributed by atoms with Crippen LogP contribution >= 0.6 is 0 Å². The molecule has 0 bridgehead atoms. The van der Waals surface area contributed by atoms with Gasteiger partial charge in [-0.25, -0.2) is 4.98 Å². The molecule has 1 atom stereocenters. The van der Waals surface area contributed by atoms with Crippen LogP contribution in [0.5, 0.6) is 0 Å². The number of nitrogens with one attached hydrogen (secondary N) is 1. The van der Waals surface area contributed by atoms with Gasteiger partial charge in [0.15, 0.2) is 0 Å². The second-order valence-electron chi connectivity index (χ2n) is 6.38. The number of hydrogen-bond acceptors (Lipinski definition) is 3. The maximum Gasteiger partial charge on any atom is 0.269 e. The van der Waals surface area contributed by atoms with Gasteiger partial charge in [0, 0.05) is 0 Å². The smallest absolute Gasteiger partial charge is 0.269 e. The first-order valence-electron chi connectivity index (χ1n) is 8.54. The zero-order chi connectivity index (χ0) is 17.2. The third kappa shape index (κ3) is 3.05. The summed E-state index contributed by atoms with van der Waals surface area (Å²) in [4.78, 5) is 28.9. The van der Waals surface area contributed by atoms with E-state index in [1.165, 1.54) is 21.9 Å².